The van der Waals surface area contributed by atoms with Crippen molar-refractivity contribution in [2.75, 3.05) is 7.05 Å². The maximum atomic E-state index is 9.44. The second kappa shape index (κ2) is 2.14. The zero-order chi connectivity index (χ0) is 7.78. The lowest BCUT2D eigenvalue weighted by Crippen LogP contribution is -2.38. The standard InChI is InChI=1S/C6H13N3O/c1-6(2,10)5-4-9(3)8-7-5/h4,7-8,10H,1-3H3. The first-order chi connectivity index (χ1) is 4.50. The van der Waals surface area contributed by atoms with E-state index in [1.807, 2.05) is 7.05 Å². The van der Waals surface area contributed by atoms with E-state index in [2.05, 4.69) is 11.0 Å². The summed E-state index contributed by atoms with van der Waals surface area (Å²) in [5.41, 5.74) is 5.62. The highest BCUT2D eigenvalue weighted by atomic mass is 16.3. The second-order valence-electron chi connectivity index (χ2n) is 2.95. The van der Waals surface area contributed by atoms with Gasteiger partial charge in [-0.2, -0.15) is 0 Å². The zero-order valence-corrected chi connectivity index (χ0v) is 6.47. The van der Waals surface area contributed by atoms with Gasteiger partial charge in [0.1, 0.15) is 5.60 Å². The van der Waals surface area contributed by atoms with Gasteiger partial charge in [-0.1, -0.05) is 0 Å². The van der Waals surface area contributed by atoms with Crippen LogP contribution >= 0.6 is 0 Å². The zero-order valence-electron chi connectivity index (χ0n) is 6.47. The summed E-state index contributed by atoms with van der Waals surface area (Å²) in [6.07, 6.45) is 1.81. The van der Waals surface area contributed by atoms with Crippen molar-refractivity contribution in [3.63, 3.8) is 0 Å². The average molecular weight is 143 g/mol. The molecular weight excluding hydrogens is 130 g/mol. The third-order valence-corrected chi connectivity index (χ3v) is 1.35. The summed E-state index contributed by atoms with van der Waals surface area (Å²) < 4.78 is 0. The van der Waals surface area contributed by atoms with Crippen LogP contribution in [-0.4, -0.2) is 22.8 Å². The van der Waals surface area contributed by atoms with E-state index >= 15 is 0 Å². The Morgan fingerprint density at radius 1 is 1.60 bits per heavy atom. The van der Waals surface area contributed by atoms with Crippen LogP contribution in [0.5, 0.6) is 0 Å². The lowest BCUT2D eigenvalue weighted by atomic mass is 10.1. The Hall–Kier alpha value is -0.740. The molecule has 0 atom stereocenters. The first-order valence-corrected chi connectivity index (χ1v) is 3.19. The van der Waals surface area contributed by atoms with Crippen LogP contribution in [0, 0.1) is 0 Å². The summed E-state index contributed by atoms with van der Waals surface area (Å²) in [5, 5.41) is 11.2. The molecule has 4 nitrogen and oxygen atoms in total. The van der Waals surface area contributed by atoms with E-state index in [1.165, 1.54) is 0 Å². The third kappa shape index (κ3) is 1.40. The fourth-order valence-corrected chi connectivity index (χ4v) is 0.718. The van der Waals surface area contributed by atoms with Gasteiger partial charge in [-0.3, -0.25) is 5.01 Å². The molecule has 0 aliphatic carbocycles. The van der Waals surface area contributed by atoms with Crippen LogP contribution in [-0.2, 0) is 0 Å². The Labute approximate surface area is 60.5 Å². The number of nitrogens with one attached hydrogen (secondary N) is 2. The highest BCUT2D eigenvalue weighted by Gasteiger charge is 2.22. The number of hydrogen-bond donors (Lipinski definition) is 3. The van der Waals surface area contributed by atoms with Gasteiger partial charge in [-0.15, -0.1) is 5.53 Å². The van der Waals surface area contributed by atoms with Crippen molar-refractivity contribution >= 4 is 0 Å². The topological polar surface area (TPSA) is 47.5 Å². The van der Waals surface area contributed by atoms with Gasteiger partial charge in [0.15, 0.2) is 0 Å². The maximum Gasteiger partial charge on any atom is 0.101 e. The van der Waals surface area contributed by atoms with Crippen LogP contribution < -0.4 is 11.0 Å². The van der Waals surface area contributed by atoms with E-state index in [9.17, 15) is 5.11 Å². The molecule has 1 aliphatic heterocycles. The number of aliphatic hydroxyl groups is 1. The molecule has 3 N–H and O–H groups in total. The van der Waals surface area contributed by atoms with Crippen LogP contribution in [0.15, 0.2) is 11.9 Å². The van der Waals surface area contributed by atoms with Gasteiger partial charge in [0.2, 0.25) is 0 Å². The summed E-state index contributed by atoms with van der Waals surface area (Å²) in [6.45, 7) is 3.46. The molecule has 0 fully saturated rings. The fourth-order valence-electron chi connectivity index (χ4n) is 0.718. The first-order valence-electron chi connectivity index (χ1n) is 3.19. The first kappa shape index (κ1) is 7.37. The van der Waals surface area contributed by atoms with Crippen molar-refractivity contribution in [3.8, 4) is 0 Å². The van der Waals surface area contributed by atoms with Crippen LogP contribution in [0.3, 0.4) is 0 Å². The smallest absolute Gasteiger partial charge is 0.101 e. The minimum absolute atomic E-state index is 0.773. The van der Waals surface area contributed by atoms with Crippen LogP contribution in [0.25, 0.3) is 0 Å². The summed E-state index contributed by atoms with van der Waals surface area (Å²) in [4.78, 5) is 0. The summed E-state index contributed by atoms with van der Waals surface area (Å²) >= 11 is 0. The number of nitrogens with zero attached hydrogens (tertiary/aromatic N) is 1. The molecule has 1 heterocycles. The molecule has 58 valence electrons. The third-order valence-electron chi connectivity index (χ3n) is 1.35. The Kier molecular flexibility index (Phi) is 1.58. The quantitative estimate of drug-likeness (QED) is 0.465. The SMILES string of the molecule is CN1C=C(C(C)(C)O)NN1. The molecule has 0 aromatic carbocycles. The molecule has 0 saturated carbocycles. The summed E-state index contributed by atoms with van der Waals surface area (Å²) in [7, 11) is 1.85. The van der Waals surface area contributed by atoms with Gasteiger partial charge in [-0.25, -0.2) is 0 Å². The molecule has 0 aromatic heterocycles. The molecule has 0 radical (unpaired) electrons. The Bertz CT molecular complexity index is 159. The van der Waals surface area contributed by atoms with Gasteiger partial charge in [0, 0.05) is 13.2 Å². The normalized spacial score (nSPS) is 18.8. The molecule has 1 aliphatic rings. The fraction of sp³-hybridized carbons (Fsp3) is 0.667. The van der Waals surface area contributed by atoms with E-state index in [1.54, 1.807) is 25.1 Å². The van der Waals surface area contributed by atoms with Gasteiger partial charge in [0.05, 0.1) is 5.70 Å². The van der Waals surface area contributed by atoms with Crippen molar-refractivity contribution in [2.45, 2.75) is 19.4 Å². The molecule has 0 unspecified atom stereocenters. The molecular formula is C6H13N3O. The molecule has 0 spiro atoms. The Balaban J connectivity index is 2.67. The van der Waals surface area contributed by atoms with Gasteiger partial charge < -0.3 is 10.5 Å². The van der Waals surface area contributed by atoms with Crippen molar-refractivity contribution in [2.24, 2.45) is 0 Å². The van der Waals surface area contributed by atoms with Crippen molar-refractivity contribution in [3.05, 3.63) is 11.9 Å². The minimum atomic E-state index is -0.794. The highest BCUT2D eigenvalue weighted by Crippen LogP contribution is 2.13. The molecule has 0 bridgehead atoms. The monoisotopic (exact) mass is 143 g/mol. The van der Waals surface area contributed by atoms with Crippen LogP contribution in [0.2, 0.25) is 0 Å². The summed E-state index contributed by atoms with van der Waals surface area (Å²) in [6, 6.07) is 0. The summed E-state index contributed by atoms with van der Waals surface area (Å²) in [5.74, 6) is 0. The Morgan fingerprint density at radius 3 is 2.40 bits per heavy atom. The Morgan fingerprint density at radius 2 is 2.20 bits per heavy atom. The van der Waals surface area contributed by atoms with Crippen LogP contribution in [0.1, 0.15) is 13.8 Å². The molecule has 4 heteroatoms. The largest absolute Gasteiger partial charge is 0.384 e. The molecule has 0 aromatic rings. The molecule has 0 saturated heterocycles. The van der Waals surface area contributed by atoms with Crippen molar-refractivity contribution in [1.82, 2.24) is 16.0 Å². The van der Waals surface area contributed by atoms with E-state index in [4.69, 9.17) is 0 Å². The van der Waals surface area contributed by atoms with E-state index < -0.39 is 5.60 Å². The van der Waals surface area contributed by atoms with Crippen LogP contribution in [0.4, 0.5) is 0 Å². The molecule has 1 rings (SSSR count). The number of hydrazine groups is 2. The minimum Gasteiger partial charge on any atom is -0.384 e. The lowest BCUT2D eigenvalue weighted by Gasteiger charge is -2.17. The molecule has 0 amide bonds. The second-order valence-corrected chi connectivity index (χ2v) is 2.95. The highest BCUT2D eigenvalue weighted by molar-refractivity contribution is 5.12. The van der Waals surface area contributed by atoms with Gasteiger partial charge in [0.25, 0.3) is 0 Å². The van der Waals surface area contributed by atoms with E-state index in [0.29, 0.717) is 0 Å². The van der Waals surface area contributed by atoms with E-state index in [-0.39, 0.29) is 0 Å². The van der Waals surface area contributed by atoms with Gasteiger partial charge >= 0.3 is 0 Å². The number of hydrogen-bond acceptors (Lipinski definition) is 4. The molecule has 10 heavy (non-hydrogen) atoms. The predicted molar refractivity (Wildman–Crippen MR) is 38.4 cm³/mol. The predicted octanol–water partition coefficient (Wildman–Crippen LogP) is -0.447. The number of rotatable bonds is 1. The van der Waals surface area contributed by atoms with Gasteiger partial charge in [-0.05, 0) is 13.8 Å². The maximum absolute atomic E-state index is 9.44. The van der Waals surface area contributed by atoms with Crippen molar-refractivity contribution in [1.29, 1.82) is 0 Å². The average Bonchev–Trinajstić information content (AvgIpc) is 2.11. The van der Waals surface area contributed by atoms with Crippen molar-refractivity contribution < 1.29 is 5.11 Å². The lowest BCUT2D eigenvalue weighted by molar-refractivity contribution is 0.111. The van der Waals surface area contributed by atoms with E-state index in [0.717, 1.165) is 5.70 Å².